The summed E-state index contributed by atoms with van der Waals surface area (Å²) in [5.74, 6) is 2.69. The van der Waals surface area contributed by atoms with Crippen LogP contribution in [0.25, 0.3) is 0 Å². The molecule has 2 N–H and O–H groups in total. The summed E-state index contributed by atoms with van der Waals surface area (Å²) < 4.78 is 4.93. The molecule has 3 rings (SSSR count). The number of aryl methyl sites for hydroxylation is 1. The van der Waals surface area contributed by atoms with Gasteiger partial charge in [-0.05, 0) is 44.8 Å². The normalized spacial score (nSPS) is 27.2. The van der Waals surface area contributed by atoms with Crippen molar-refractivity contribution in [1.29, 1.82) is 0 Å². The summed E-state index contributed by atoms with van der Waals surface area (Å²) in [5, 5.41) is 9.97. The lowest BCUT2D eigenvalue weighted by atomic mass is 9.89. The van der Waals surface area contributed by atoms with Gasteiger partial charge in [-0.3, -0.25) is 9.69 Å². The second-order valence-corrected chi connectivity index (χ2v) is 5.57. The van der Waals surface area contributed by atoms with Crippen molar-refractivity contribution in [3.63, 3.8) is 0 Å². The number of fused-ring (bicyclic) bond motifs is 1. The van der Waals surface area contributed by atoms with Gasteiger partial charge >= 0.3 is 0 Å². The third-order valence-corrected chi connectivity index (χ3v) is 4.05. The molecule has 0 saturated carbocycles. The molecule has 6 heteroatoms. The molecule has 2 aliphatic rings. The number of hydrogen-bond acceptors (Lipinski definition) is 5. The van der Waals surface area contributed by atoms with E-state index >= 15 is 0 Å². The van der Waals surface area contributed by atoms with E-state index in [1.807, 2.05) is 0 Å². The highest BCUT2D eigenvalue weighted by Gasteiger charge is 2.33. The van der Waals surface area contributed by atoms with E-state index in [0.29, 0.717) is 24.0 Å². The number of carbonyl (C=O) groups is 1. The van der Waals surface area contributed by atoms with Crippen LogP contribution < -0.4 is 10.6 Å². The highest BCUT2D eigenvalue weighted by Crippen LogP contribution is 2.26. The van der Waals surface area contributed by atoms with Gasteiger partial charge in [-0.15, -0.1) is 0 Å². The number of nitrogens with one attached hydrogen (secondary N) is 2. The van der Waals surface area contributed by atoms with Crippen molar-refractivity contribution in [3.8, 4) is 0 Å². The van der Waals surface area contributed by atoms with Crippen LogP contribution in [0.1, 0.15) is 12.2 Å². The maximum atomic E-state index is 11.9. The lowest BCUT2D eigenvalue weighted by Crippen LogP contribution is -2.43. The van der Waals surface area contributed by atoms with Crippen LogP contribution in [0.5, 0.6) is 0 Å². The van der Waals surface area contributed by atoms with E-state index in [1.54, 1.807) is 13.0 Å². The zero-order valence-corrected chi connectivity index (χ0v) is 11.2. The van der Waals surface area contributed by atoms with Gasteiger partial charge in [-0.25, -0.2) is 0 Å². The summed E-state index contributed by atoms with van der Waals surface area (Å²) in [6.45, 7) is 6.50. The molecule has 0 spiro atoms. The van der Waals surface area contributed by atoms with Crippen LogP contribution in [-0.4, -0.2) is 48.7 Å². The first-order valence-corrected chi connectivity index (χ1v) is 6.87. The van der Waals surface area contributed by atoms with Gasteiger partial charge in [-0.2, -0.15) is 0 Å². The predicted molar refractivity (Wildman–Crippen MR) is 70.8 cm³/mol. The molecule has 1 aromatic rings. The van der Waals surface area contributed by atoms with Gasteiger partial charge in [0, 0.05) is 12.6 Å². The molecule has 2 fully saturated rings. The number of piperidine rings is 1. The number of rotatable bonds is 3. The molecule has 3 heterocycles. The van der Waals surface area contributed by atoms with Crippen molar-refractivity contribution >= 4 is 11.7 Å². The van der Waals surface area contributed by atoms with E-state index < -0.39 is 0 Å². The number of aromatic nitrogens is 1. The van der Waals surface area contributed by atoms with E-state index in [1.165, 1.54) is 6.42 Å². The fourth-order valence-electron chi connectivity index (χ4n) is 3.06. The number of hydrogen-bond donors (Lipinski definition) is 2. The van der Waals surface area contributed by atoms with Crippen molar-refractivity contribution in [3.05, 3.63) is 11.8 Å². The number of amides is 1. The molecule has 6 nitrogen and oxygen atoms in total. The Morgan fingerprint density at radius 2 is 2.42 bits per heavy atom. The van der Waals surface area contributed by atoms with Gasteiger partial charge in [-0.1, -0.05) is 5.16 Å². The van der Waals surface area contributed by atoms with E-state index in [9.17, 15) is 4.79 Å². The van der Waals surface area contributed by atoms with Crippen LogP contribution in [-0.2, 0) is 4.79 Å². The highest BCUT2D eigenvalue weighted by molar-refractivity contribution is 5.91. The van der Waals surface area contributed by atoms with Crippen LogP contribution in [0, 0.1) is 18.8 Å². The molecule has 19 heavy (non-hydrogen) atoms. The monoisotopic (exact) mass is 264 g/mol. The third kappa shape index (κ3) is 2.96. The molecule has 2 unspecified atom stereocenters. The van der Waals surface area contributed by atoms with Crippen LogP contribution >= 0.6 is 0 Å². The Kier molecular flexibility index (Phi) is 3.52. The fraction of sp³-hybridized carbons (Fsp3) is 0.692. The molecular formula is C13H20N4O2. The average Bonchev–Trinajstić information content (AvgIpc) is 2.97. The molecule has 104 valence electrons. The largest absolute Gasteiger partial charge is 0.360 e. The molecule has 2 aliphatic heterocycles. The summed E-state index contributed by atoms with van der Waals surface area (Å²) >= 11 is 0. The molecule has 0 aromatic carbocycles. The summed E-state index contributed by atoms with van der Waals surface area (Å²) in [6.07, 6.45) is 1.19. The van der Waals surface area contributed by atoms with Gasteiger partial charge in [0.15, 0.2) is 5.82 Å². The maximum Gasteiger partial charge on any atom is 0.239 e. The minimum atomic E-state index is -0.0160. The van der Waals surface area contributed by atoms with E-state index in [4.69, 9.17) is 4.52 Å². The standard InChI is InChI=1S/C13H20N4O2/c1-9-4-12(16-19-9)15-13(18)8-17-3-2-10-5-14-6-11(10)7-17/h4,10-11,14H,2-3,5-8H2,1H3,(H,15,16,18). The predicted octanol–water partition coefficient (Wildman–Crippen LogP) is 0.463. The number of anilines is 1. The van der Waals surface area contributed by atoms with E-state index in [2.05, 4.69) is 20.7 Å². The average molecular weight is 264 g/mol. The number of nitrogens with zero attached hydrogens (tertiary/aromatic N) is 2. The van der Waals surface area contributed by atoms with Crippen LogP contribution in [0.2, 0.25) is 0 Å². The molecular weight excluding hydrogens is 244 g/mol. The van der Waals surface area contributed by atoms with Crippen LogP contribution in [0.15, 0.2) is 10.6 Å². The first-order chi connectivity index (χ1) is 9.20. The highest BCUT2D eigenvalue weighted by atomic mass is 16.5. The molecule has 0 bridgehead atoms. The Morgan fingerprint density at radius 1 is 1.58 bits per heavy atom. The summed E-state index contributed by atoms with van der Waals surface area (Å²) in [5.41, 5.74) is 0. The Balaban J connectivity index is 1.49. The Hall–Kier alpha value is -1.40. The van der Waals surface area contributed by atoms with Crippen molar-refractivity contribution in [2.24, 2.45) is 11.8 Å². The lowest BCUT2D eigenvalue weighted by molar-refractivity contribution is -0.117. The van der Waals surface area contributed by atoms with Crippen molar-refractivity contribution in [2.45, 2.75) is 13.3 Å². The SMILES string of the molecule is Cc1cc(NC(=O)CN2CCC3CNCC3C2)no1. The quantitative estimate of drug-likeness (QED) is 0.830. The van der Waals surface area contributed by atoms with Gasteiger partial charge in [0.1, 0.15) is 5.76 Å². The van der Waals surface area contributed by atoms with Crippen LogP contribution in [0.3, 0.4) is 0 Å². The molecule has 0 radical (unpaired) electrons. The van der Waals surface area contributed by atoms with E-state index in [-0.39, 0.29) is 5.91 Å². The zero-order chi connectivity index (χ0) is 13.2. The molecule has 2 atom stereocenters. The third-order valence-electron chi connectivity index (χ3n) is 4.05. The summed E-state index contributed by atoms with van der Waals surface area (Å²) in [4.78, 5) is 14.2. The van der Waals surface area contributed by atoms with Gasteiger partial charge in [0.2, 0.25) is 5.91 Å². The zero-order valence-electron chi connectivity index (χ0n) is 11.2. The lowest BCUT2D eigenvalue weighted by Gasteiger charge is -2.33. The molecule has 0 aliphatic carbocycles. The van der Waals surface area contributed by atoms with Gasteiger partial charge in [0.25, 0.3) is 0 Å². The van der Waals surface area contributed by atoms with Gasteiger partial charge in [0.05, 0.1) is 6.54 Å². The van der Waals surface area contributed by atoms with Crippen molar-refractivity contribution in [2.75, 3.05) is 38.0 Å². The summed E-state index contributed by atoms with van der Waals surface area (Å²) in [7, 11) is 0. The smallest absolute Gasteiger partial charge is 0.239 e. The van der Waals surface area contributed by atoms with Crippen LogP contribution in [0.4, 0.5) is 5.82 Å². The topological polar surface area (TPSA) is 70.4 Å². The number of likely N-dealkylation sites (tertiary alicyclic amines) is 1. The van der Waals surface area contributed by atoms with Crippen molar-refractivity contribution < 1.29 is 9.32 Å². The molecule has 2 saturated heterocycles. The Morgan fingerprint density at radius 3 is 3.21 bits per heavy atom. The first-order valence-electron chi connectivity index (χ1n) is 6.87. The van der Waals surface area contributed by atoms with E-state index in [0.717, 1.165) is 32.1 Å². The Bertz CT molecular complexity index is 459. The fourth-order valence-corrected chi connectivity index (χ4v) is 3.06. The molecule has 1 amide bonds. The molecule has 1 aromatic heterocycles. The second kappa shape index (κ2) is 5.30. The first kappa shape index (κ1) is 12.6. The minimum Gasteiger partial charge on any atom is -0.360 e. The maximum absolute atomic E-state index is 11.9. The summed E-state index contributed by atoms with van der Waals surface area (Å²) in [6, 6.07) is 1.73. The van der Waals surface area contributed by atoms with Crippen molar-refractivity contribution in [1.82, 2.24) is 15.4 Å². The van der Waals surface area contributed by atoms with Gasteiger partial charge < -0.3 is 15.2 Å². The second-order valence-electron chi connectivity index (χ2n) is 5.57. The number of carbonyl (C=O) groups excluding carboxylic acids is 1. The minimum absolute atomic E-state index is 0.0160. The Labute approximate surface area is 112 Å².